The second kappa shape index (κ2) is 3.59. The highest BCUT2D eigenvalue weighted by atomic mass is 79.9. The van der Waals surface area contributed by atoms with E-state index >= 15 is 0 Å². The van der Waals surface area contributed by atoms with Crippen LogP contribution in [0, 0.1) is 0 Å². The van der Waals surface area contributed by atoms with Gasteiger partial charge in [0, 0.05) is 16.7 Å². The minimum Gasteiger partial charge on any atom is -0.397 e. The summed E-state index contributed by atoms with van der Waals surface area (Å²) in [5, 5.41) is 0.761. The molecule has 0 radical (unpaired) electrons. The lowest BCUT2D eigenvalue weighted by molar-refractivity contribution is -0.517. The Labute approximate surface area is 115 Å². The molecule has 5 heteroatoms. The third kappa shape index (κ3) is 1.40. The van der Waals surface area contributed by atoms with Gasteiger partial charge in [-0.2, -0.15) is 0 Å². The van der Waals surface area contributed by atoms with Gasteiger partial charge in [-0.05, 0) is 18.2 Å². The van der Waals surface area contributed by atoms with Gasteiger partial charge in [-0.3, -0.25) is 0 Å². The lowest BCUT2D eigenvalue weighted by Gasteiger charge is -2.17. The number of halogens is 3. The summed E-state index contributed by atoms with van der Waals surface area (Å²) < 4.78 is 1.10. The summed E-state index contributed by atoms with van der Waals surface area (Å²) in [4.78, 5) is 0. The van der Waals surface area contributed by atoms with E-state index in [2.05, 4.69) is 54.3 Å². The molecule has 16 heavy (non-hydrogen) atoms. The van der Waals surface area contributed by atoms with E-state index in [1.54, 1.807) is 0 Å². The van der Waals surface area contributed by atoms with Crippen molar-refractivity contribution >= 4 is 52.5 Å². The Kier molecular flexibility index (Phi) is 2.43. The minimum absolute atomic E-state index is 0.761. The molecule has 0 saturated carbocycles. The molecule has 3 rings (SSSR count). The normalized spacial score (nSPS) is 15.7. The first-order chi connectivity index (χ1) is 7.60. The fraction of sp³-hybridized carbons (Fsp3) is 0. The number of rotatable bonds is 0. The van der Waals surface area contributed by atoms with Gasteiger partial charge in [-0.1, -0.05) is 29.2 Å². The van der Waals surface area contributed by atoms with Crippen LogP contribution in [0.15, 0.2) is 42.6 Å². The number of fused-ring (bicyclic) bond motifs is 3. The van der Waals surface area contributed by atoms with E-state index in [0.717, 1.165) is 5.02 Å². The van der Waals surface area contributed by atoms with E-state index in [9.17, 15) is 0 Å². The van der Waals surface area contributed by atoms with Crippen LogP contribution in [0.25, 0.3) is 11.3 Å². The van der Waals surface area contributed by atoms with E-state index in [0.29, 0.717) is 0 Å². The van der Waals surface area contributed by atoms with Crippen LogP contribution < -0.4 is 9.94 Å². The molecule has 2 heterocycles. The zero-order valence-electron chi connectivity index (χ0n) is 8.20. The number of aromatic nitrogens is 1. The number of pyridine rings is 1. The quantitative estimate of drug-likeness (QED) is 0.637. The molecule has 0 saturated heterocycles. The van der Waals surface area contributed by atoms with Crippen molar-refractivity contribution in [2.45, 2.75) is 0 Å². The second-order valence-corrected chi connectivity index (χ2v) is 8.17. The van der Waals surface area contributed by atoms with Crippen LogP contribution in [-0.2, 0) is 0 Å². The van der Waals surface area contributed by atoms with Crippen molar-refractivity contribution in [1.29, 1.82) is 0 Å². The molecule has 1 aliphatic heterocycles. The molecule has 0 aliphatic carbocycles. The van der Waals surface area contributed by atoms with Crippen molar-refractivity contribution < 1.29 is 4.48 Å². The van der Waals surface area contributed by atoms with Crippen LogP contribution in [0.1, 0.15) is 0 Å². The van der Waals surface area contributed by atoms with Gasteiger partial charge in [-0.25, -0.2) is 31.5 Å². The van der Waals surface area contributed by atoms with Crippen LogP contribution in [-0.4, -0.2) is 3.93 Å². The standard InChI is InChI=1S/C11H7BBr2ClN/c13-12(14)10-7-8(15)4-5-9(10)11-3-1-2-6-16(11)12/h1-7H. The zero-order chi connectivity index (χ0) is 11.3. The Hall–Kier alpha value is -0.315. The first-order valence-electron chi connectivity index (χ1n) is 4.93. The lowest BCUT2D eigenvalue weighted by Crippen LogP contribution is -2.59. The monoisotopic (exact) mass is 357 g/mol. The van der Waals surface area contributed by atoms with Crippen LogP contribution in [0.5, 0.6) is 0 Å². The predicted octanol–water partition coefficient (Wildman–Crippen LogP) is 3.09. The molecule has 1 nitrogen and oxygen atoms in total. The average Bonchev–Trinajstić information content (AvgIpc) is 2.49. The number of hydrogen-bond donors (Lipinski definition) is 0. The highest BCUT2D eigenvalue weighted by molar-refractivity contribution is 9.51. The Balaban J connectivity index is 2.39. The molecule has 1 aromatic carbocycles. The molecule has 2 aromatic rings. The molecule has 0 amide bonds. The van der Waals surface area contributed by atoms with E-state index in [1.807, 2.05) is 24.3 Å². The maximum atomic E-state index is 6.05. The number of benzene rings is 1. The zero-order valence-corrected chi connectivity index (χ0v) is 12.1. The third-order valence-corrected chi connectivity index (χ3v) is 5.01. The first-order valence-corrected chi connectivity index (χ1v) is 7.14. The van der Waals surface area contributed by atoms with Gasteiger partial charge in [0.2, 0.25) is 0 Å². The van der Waals surface area contributed by atoms with Gasteiger partial charge in [-0.15, -0.1) is 0 Å². The fourth-order valence-electron chi connectivity index (χ4n) is 2.17. The molecular formula is C11H7BBr2ClN. The number of nitrogens with zero attached hydrogens (tertiary/aromatic N) is 1. The van der Waals surface area contributed by atoms with Crippen molar-refractivity contribution in [2.75, 3.05) is 0 Å². The van der Waals surface area contributed by atoms with Gasteiger partial charge < -0.3 is 4.48 Å². The Morgan fingerprint density at radius 1 is 1.12 bits per heavy atom. The second-order valence-electron chi connectivity index (χ2n) is 3.85. The van der Waals surface area contributed by atoms with Crippen LogP contribution >= 0.6 is 43.1 Å². The summed E-state index contributed by atoms with van der Waals surface area (Å²) in [5.41, 5.74) is 3.61. The number of hydrogen-bond acceptors (Lipinski definition) is 0. The topological polar surface area (TPSA) is 3.88 Å². The van der Waals surface area contributed by atoms with E-state index < -0.39 is 3.93 Å². The van der Waals surface area contributed by atoms with Gasteiger partial charge in [0.1, 0.15) is 6.20 Å². The van der Waals surface area contributed by atoms with Crippen LogP contribution in [0.3, 0.4) is 0 Å². The van der Waals surface area contributed by atoms with Crippen molar-refractivity contribution in [2.24, 2.45) is 0 Å². The van der Waals surface area contributed by atoms with Crippen molar-refractivity contribution in [3.63, 3.8) is 0 Å². The van der Waals surface area contributed by atoms with Crippen LogP contribution in [0.2, 0.25) is 5.02 Å². The highest BCUT2D eigenvalue weighted by Crippen LogP contribution is 2.31. The van der Waals surface area contributed by atoms with Gasteiger partial charge in [0.05, 0.1) is 0 Å². The molecule has 1 aliphatic rings. The maximum absolute atomic E-state index is 6.05. The smallest absolute Gasteiger partial charge is 0.397 e. The van der Waals surface area contributed by atoms with Gasteiger partial charge in [0.25, 0.3) is 0 Å². The molecule has 1 aromatic heterocycles. The van der Waals surface area contributed by atoms with E-state index in [4.69, 9.17) is 11.6 Å². The highest BCUT2D eigenvalue weighted by Gasteiger charge is 2.42. The molecule has 80 valence electrons. The maximum Gasteiger partial charge on any atom is 0.427 e. The van der Waals surface area contributed by atoms with Crippen molar-refractivity contribution in [3.8, 4) is 11.3 Å². The average molecular weight is 359 g/mol. The Morgan fingerprint density at radius 2 is 1.94 bits per heavy atom. The van der Waals surface area contributed by atoms with Gasteiger partial charge >= 0.3 is 3.93 Å². The molecule has 0 unspecified atom stereocenters. The van der Waals surface area contributed by atoms with Crippen molar-refractivity contribution in [3.05, 3.63) is 47.6 Å². The fourth-order valence-corrected chi connectivity index (χ4v) is 3.82. The molecule has 0 spiro atoms. The summed E-state index contributed by atoms with van der Waals surface area (Å²) >= 11 is 13.6. The Morgan fingerprint density at radius 3 is 2.75 bits per heavy atom. The van der Waals surface area contributed by atoms with E-state index in [1.165, 1.54) is 16.7 Å². The molecule has 0 atom stereocenters. The third-order valence-electron chi connectivity index (χ3n) is 2.90. The van der Waals surface area contributed by atoms with E-state index in [-0.39, 0.29) is 0 Å². The Bertz CT molecular complexity index is 586. The molecule has 0 bridgehead atoms. The largest absolute Gasteiger partial charge is 0.427 e. The molecule has 0 N–H and O–H groups in total. The van der Waals surface area contributed by atoms with Gasteiger partial charge in [0.15, 0.2) is 5.69 Å². The summed E-state index contributed by atoms with van der Waals surface area (Å²) in [7, 11) is 0. The lowest BCUT2D eigenvalue weighted by atomic mass is 9.82. The SMILES string of the molecule is Clc1ccc2c(c1)[B-](Br)(Br)[n+]1ccccc1-2. The predicted molar refractivity (Wildman–Crippen MR) is 75.7 cm³/mol. The summed E-state index contributed by atoms with van der Waals surface area (Å²) in [6.45, 7) is 0. The van der Waals surface area contributed by atoms with Crippen molar-refractivity contribution in [1.82, 2.24) is 0 Å². The van der Waals surface area contributed by atoms with Crippen LogP contribution in [0.4, 0.5) is 0 Å². The summed E-state index contributed by atoms with van der Waals surface area (Å²) in [5.74, 6) is 0. The first kappa shape index (κ1) is 10.8. The molecule has 0 fully saturated rings. The summed E-state index contributed by atoms with van der Waals surface area (Å²) in [6.07, 6.45) is 2.06. The minimum atomic E-state index is -1.10. The summed E-state index contributed by atoms with van der Waals surface area (Å²) in [6, 6.07) is 12.2. The molecular weight excluding hydrogens is 352 g/mol.